The van der Waals surface area contributed by atoms with Gasteiger partial charge in [0.05, 0.1) is 0 Å². The first-order chi connectivity index (χ1) is 11.6. The summed E-state index contributed by atoms with van der Waals surface area (Å²) in [6, 6.07) is 0. The van der Waals surface area contributed by atoms with Crippen LogP contribution in [0, 0.1) is 5.92 Å². The van der Waals surface area contributed by atoms with E-state index in [2.05, 4.69) is 6.92 Å². The molecule has 0 amide bonds. The minimum atomic E-state index is -1.34. The van der Waals surface area contributed by atoms with Gasteiger partial charge >= 0.3 is 103 Å². The molecule has 0 rings (SSSR count). The van der Waals surface area contributed by atoms with E-state index in [9.17, 15) is 19.8 Å². The molecule has 0 spiro atoms. The van der Waals surface area contributed by atoms with Crippen LogP contribution in [0.25, 0.3) is 0 Å². The number of unbranched alkanes of at least 4 members (excludes halogenated alkanes) is 11. The molecule has 0 saturated carbocycles. The van der Waals surface area contributed by atoms with Crippen LogP contribution in [0.1, 0.15) is 96.8 Å². The maximum atomic E-state index is 10.8. The van der Waals surface area contributed by atoms with Gasteiger partial charge in [0, 0.05) is 17.9 Å². The van der Waals surface area contributed by atoms with Crippen molar-refractivity contribution in [1.29, 1.82) is 0 Å². The molecule has 0 bridgehead atoms. The van der Waals surface area contributed by atoms with E-state index in [4.69, 9.17) is 0 Å². The van der Waals surface area contributed by atoms with Gasteiger partial charge in [-0.1, -0.05) is 83.3 Å². The van der Waals surface area contributed by atoms with Crippen LogP contribution in [0.15, 0.2) is 12.2 Å². The minimum Gasteiger partial charge on any atom is -0.550 e. The van der Waals surface area contributed by atoms with Crippen LogP contribution in [0.2, 0.25) is 0 Å². The van der Waals surface area contributed by atoms with E-state index in [0.717, 1.165) is 12.8 Å². The molecule has 0 aliphatic rings. The van der Waals surface area contributed by atoms with Crippen molar-refractivity contribution in [2.75, 3.05) is 0 Å². The molecular weight excluding hydrogens is 382 g/mol. The molecule has 140 valence electrons. The maximum Gasteiger partial charge on any atom is 1.00 e. The van der Waals surface area contributed by atoms with Crippen molar-refractivity contribution >= 4 is 11.9 Å². The van der Waals surface area contributed by atoms with Crippen LogP contribution in [-0.4, -0.2) is 11.9 Å². The topological polar surface area (TPSA) is 80.3 Å². The van der Waals surface area contributed by atoms with Crippen molar-refractivity contribution in [2.45, 2.75) is 96.8 Å². The second-order valence-corrected chi connectivity index (χ2v) is 6.62. The Balaban J connectivity index is -0.00000264. The van der Waals surface area contributed by atoms with E-state index in [-0.39, 0.29) is 109 Å². The maximum absolute atomic E-state index is 10.8. The zero-order valence-corrected chi connectivity index (χ0v) is 23.5. The Morgan fingerprint density at radius 3 is 1.65 bits per heavy atom. The quantitative estimate of drug-likeness (QED) is 0.145. The van der Waals surface area contributed by atoms with Crippen LogP contribution in [0.5, 0.6) is 0 Å². The van der Waals surface area contributed by atoms with Crippen LogP contribution < -0.4 is 113 Å². The predicted molar refractivity (Wildman–Crippen MR) is 93.0 cm³/mol. The fourth-order valence-electron chi connectivity index (χ4n) is 2.77. The summed E-state index contributed by atoms with van der Waals surface area (Å²) in [5, 5.41) is 21.2. The Morgan fingerprint density at radius 1 is 0.769 bits per heavy atom. The molecule has 1 atom stereocenters. The van der Waals surface area contributed by atoms with E-state index in [1.807, 2.05) is 6.08 Å². The van der Waals surface area contributed by atoms with Gasteiger partial charge in [-0.15, -0.1) is 0 Å². The smallest absolute Gasteiger partial charge is 0.550 e. The molecule has 0 radical (unpaired) electrons. The first kappa shape index (κ1) is 32.6. The van der Waals surface area contributed by atoms with Crippen molar-refractivity contribution in [3.63, 3.8) is 0 Å². The SMILES string of the molecule is CCCCCCCCCCCCC/C=C/CC(CC(=O)[O-])C(=O)[O-].[K+].[K+]. The monoisotopic (exact) mass is 416 g/mol. The standard InChI is InChI=1S/C20H36O4.2K/c1-2-3-4-5-6-7-8-9-10-11-12-13-14-15-16-18(20(23)24)17-19(21)22;;/h14-15,18H,2-13,16-17H2,1H3,(H,21,22)(H,23,24);;/q;2*+1/p-2/b15-14+;;. The molecule has 0 N–H and O–H groups in total. The minimum absolute atomic E-state index is 0. The van der Waals surface area contributed by atoms with Crippen molar-refractivity contribution in [2.24, 2.45) is 5.92 Å². The number of aliphatic carboxylic acids is 2. The molecule has 26 heavy (non-hydrogen) atoms. The second-order valence-electron chi connectivity index (χ2n) is 6.62. The van der Waals surface area contributed by atoms with E-state index >= 15 is 0 Å². The van der Waals surface area contributed by atoms with Gasteiger partial charge < -0.3 is 19.8 Å². The molecule has 4 nitrogen and oxygen atoms in total. The second kappa shape index (κ2) is 25.0. The van der Waals surface area contributed by atoms with Crippen molar-refractivity contribution in [1.82, 2.24) is 0 Å². The third kappa shape index (κ3) is 24.0. The Kier molecular flexibility index (Phi) is 31.3. The first-order valence-corrected chi connectivity index (χ1v) is 9.63. The summed E-state index contributed by atoms with van der Waals surface area (Å²) in [7, 11) is 0. The van der Waals surface area contributed by atoms with Gasteiger partial charge in [0.1, 0.15) is 0 Å². The summed E-state index contributed by atoms with van der Waals surface area (Å²) in [5.74, 6) is -3.65. The van der Waals surface area contributed by atoms with Gasteiger partial charge in [0.2, 0.25) is 0 Å². The summed E-state index contributed by atoms with van der Waals surface area (Å²) < 4.78 is 0. The Bertz CT molecular complexity index is 360. The molecule has 0 aromatic carbocycles. The van der Waals surface area contributed by atoms with E-state index in [1.165, 1.54) is 64.2 Å². The third-order valence-electron chi connectivity index (χ3n) is 4.31. The van der Waals surface area contributed by atoms with Crippen molar-refractivity contribution in [3.05, 3.63) is 12.2 Å². The molecule has 6 heteroatoms. The first-order valence-electron chi connectivity index (χ1n) is 9.63. The molecular formula is C20H34K2O4. The van der Waals surface area contributed by atoms with Crippen LogP contribution in [0.3, 0.4) is 0 Å². The number of carbonyl (C=O) groups excluding carboxylic acids is 2. The molecule has 0 aliphatic heterocycles. The number of carboxylic acids is 2. The van der Waals surface area contributed by atoms with E-state index in [0.29, 0.717) is 0 Å². The molecule has 0 aromatic heterocycles. The van der Waals surface area contributed by atoms with E-state index < -0.39 is 24.3 Å². The number of allylic oxidation sites excluding steroid dienone is 2. The molecule has 0 aromatic rings. The number of hydrogen-bond donors (Lipinski definition) is 0. The summed E-state index contributed by atoms with van der Waals surface area (Å²) in [4.78, 5) is 21.2. The van der Waals surface area contributed by atoms with Crippen LogP contribution in [0.4, 0.5) is 0 Å². The largest absolute Gasteiger partial charge is 1.00 e. The van der Waals surface area contributed by atoms with Crippen molar-refractivity contribution < 1.29 is 123 Å². The summed E-state index contributed by atoms with van der Waals surface area (Å²) >= 11 is 0. The number of carbonyl (C=O) groups is 2. The number of carboxylic acid groups (broad SMARTS) is 2. The van der Waals surface area contributed by atoms with Gasteiger partial charge in [-0.25, -0.2) is 0 Å². The fraction of sp³-hybridized carbons (Fsp3) is 0.800. The number of hydrogen-bond acceptors (Lipinski definition) is 4. The van der Waals surface area contributed by atoms with E-state index in [1.54, 1.807) is 6.08 Å². The average Bonchev–Trinajstić information content (AvgIpc) is 2.53. The zero-order chi connectivity index (χ0) is 18.0. The molecule has 0 aliphatic carbocycles. The van der Waals surface area contributed by atoms with Crippen molar-refractivity contribution in [3.8, 4) is 0 Å². The Labute approximate surface area is 245 Å². The Hall–Kier alpha value is 1.95. The van der Waals surface area contributed by atoms with Crippen LogP contribution >= 0.6 is 0 Å². The van der Waals surface area contributed by atoms with Gasteiger partial charge in [-0.2, -0.15) is 0 Å². The summed E-state index contributed by atoms with van der Waals surface area (Å²) in [5.41, 5.74) is 0. The van der Waals surface area contributed by atoms with Gasteiger partial charge in [-0.05, 0) is 25.7 Å². The summed E-state index contributed by atoms with van der Waals surface area (Å²) in [6.45, 7) is 2.24. The molecule has 1 unspecified atom stereocenters. The predicted octanol–water partition coefficient (Wildman–Crippen LogP) is -2.85. The van der Waals surface area contributed by atoms with Gasteiger partial charge in [-0.3, -0.25) is 0 Å². The molecule has 0 saturated heterocycles. The molecule has 0 fully saturated rings. The van der Waals surface area contributed by atoms with Gasteiger partial charge in [0.15, 0.2) is 0 Å². The third-order valence-corrected chi connectivity index (χ3v) is 4.31. The zero-order valence-electron chi connectivity index (χ0n) is 17.3. The summed E-state index contributed by atoms with van der Waals surface area (Å²) in [6.07, 6.45) is 18.7. The molecule has 0 heterocycles. The van der Waals surface area contributed by atoms with Crippen LogP contribution in [-0.2, 0) is 9.59 Å². The average molecular weight is 417 g/mol. The van der Waals surface area contributed by atoms with Gasteiger partial charge in [0.25, 0.3) is 0 Å². The Morgan fingerprint density at radius 2 is 1.23 bits per heavy atom. The fourth-order valence-corrected chi connectivity index (χ4v) is 2.77. The normalized spacial score (nSPS) is 11.6. The number of rotatable bonds is 17.